The third-order valence-electron chi connectivity index (χ3n) is 3.86. The highest BCUT2D eigenvalue weighted by Crippen LogP contribution is 2.34. The van der Waals surface area contributed by atoms with Crippen LogP contribution in [0.4, 0.5) is 18.9 Å². The monoisotopic (exact) mass is 441 g/mol. The van der Waals surface area contributed by atoms with Crippen LogP contribution in [0.2, 0.25) is 0 Å². The van der Waals surface area contributed by atoms with E-state index in [2.05, 4.69) is 25.5 Å². The molecular formula is C17H14F3N5O4S. The largest absolute Gasteiger partial charge is 0.418 e. The fourth-order valence-corrected chi connectivity index (χ4v) is 3.09. The number of aromatic amines is 2. The first-order valence-corrected chi connectivity index (χ1v) is 9.35. The fraction of sp³-hybridized carbons (Fsp3) is 0.235. The van der Waals surface area contributed by atoms with Gasteiger partial charge in [-0.15, -0.1) is 10.2 Å². The van der Waals surface area contributed by atoms with E-state index < -0.39 is 28.9 Å². The van der Waals surface area contributed by atoms with Crippen LogP contribution in [0.15, 0.2) is 43.5 Å². The zero-order valence-corrected chi connectivity index (χ0v) is 16.1. The molecule has 13 heteroatoms. The number of benzene rings is 1. The van der Waals surface area contributed by atoms with E-state index in [1.807, 2.05) is 0 Å². The van der Waals surface area contributed by atoms with E-state index in [4.69, 9.17) is 4.42 Å². The molecule has 0 saturated carbocycles. The van der Waals surface area contributed by atoms with Crippen LogP contribution < -0.4 is 16.6 Å². The number of anilines is 1. The van der Waals surface area contributed by atoms with Gasteiger partial charge < -0.3 is 14.7 Å². The van der Waals surface area contributed by atoms with Gasteiger partial charge in [0.05, 0.1) is 23.4 Å². The quantitative estimate of drug-likeness (QED) is 0.499. The Hall–Kier alpha value is -3.35. The van der Waals surface area contributed by atoms with Gasteiger partial charge in [0.15, 0.2) is 0 Å². The molecular weight excluding hydrogens is 427 g/mol. The molecule has 0 fully saturated rings. The van der Waals surface area contributed by atoms with Gasteiger partial charge in [-0.05, 0) is 19.1 Å². The molecule has 3 rings (SSSR count). The van der Waals surface area contributed by atoms with Gasteiger partial charge in [-0.3, -0.25) is 14.6 Å². The van der Waals surface area contributed by atoms with Crippen molar-refractivity contribution in [1.29, 1.82) is 0 Å². The Balaban J connectivity index is 1.62. The van der Waals surface area contributed by atoms with Gasteiger partial charge in [-0.2, -0.15) is 13.2 Å². The van der Waals surface area contributed by atoms with Gasteiger partial charge in [0.1, 0.15) is 0 Å². The number of hydrogen-bond acceptors (Lipinski definition) is 7. The van der Waals surface area contributed by atoms with Crippen molar-refractivity contribution in [3.8, 4) is 0 Å². The van der Waals surface area contributed by atoms with Crippen molar-refractivity contribution in [2.45, 2.75) is 24.7 Å². The van der Waals surface area contributed by atoms with Gasteiger partial charge in [-0.1, -0.05) is 23.9 Å². The topological polar surface area (TPSA) is 134 Å². The Kier molecular flexibility index (Phi) is 6.10. The zero-order valence-electron chi connectivity index (χ0n) is 15.3. The molecule has 0 bridgehead atoms. The number of rotatable bonds is 6. The lowest BCUT2D eigenvalue weighted by Crippen LogP contribution is -2.27. The Morgan fingerprint density at radius 1 is 1.20 bits per heavy atom. The predicted molar refractivity (Wildman–Crippen MR) is 100 cm³/mol. The maximum absolute atomic E-state index is 13.0. The Morgan fingerprint density at radius 2 is 1.93 bits per heavy atom. The molecule has 3 aromatic rings. The highest BCUT2D eigenvalue weighted by atomic mass is 32.2. The van der Waals surface area contributed by atoms with Gasteiger partial charge in [0, 0.05) is 11.3 Å². The summed E-state index contributed by atoms with van der Waals surface area (Å²) in [6.45, 7) is 1.54. The number of hydrogen-bond donors (Lipinski definition) is 3. The molecule has 0 radical (unpaired) electrons. The summed E-state index contributed by atoms with van der Waals surface area (Å²) >= 11 is 0.826. The minimum Gasteiger partial charge on any atom is -0.416 e. The van der Waals surface area contributed by atoms with Crippen molar-refractivity contribution >= 4 is 23.4 Å². The van der Waals surface area contributed by atoms with Crippen LogP contribution in [0.5, 0.6) is 0 Å². The number of thioether (sulfide) groups is 1. The average molecular weight is 441 g/mol. The van der Waals surface area contributed by atoms with Crippen LogP contribution in [-0.2, 0) is 17.4 Å². The minimum atomic E-state index is -4.60. The SMILES string of the molecule is Cc1[nH]c(=O)[nH]c(=O)c1Cc1nnc(SCC(=O)Nc2ccccc2C(F)(F)F)o1. The first kappa shape index (κ1) is 21.4. The van der Waals surface area contributed by atoms with Crippen molar-refractivity contribution < 1.29 is 22.4 Å². The number of carbonyl (C=O) groups is 1. The maximum atomic E-state index is 13.0. The Labute approximate surface area is 170 Å². The molecule has 0 aliphatic rings. The molecule has 0 unspecified atom stereocenters. The van der Waals surface area contributed by atoms with E-state index in [0.717, 1.165) is 23.9 Å². The van der Waals surface area contributed by atoms with Gasteiger partial charge >= 0.3 is 11.9 Å². The van der Waals surface area contributed by atoms with Crippen molar-refractivity contribution in [1.82, 2.24) is 20.2 Å². The summed E-state index contributed by atoms with van der Waals surface area (Å²) in [5.74, 6) is -0.892. The molecule has 0 aliphatic heterocycles. The zero-order chi connectivity index (χ0) is 21.9. The van der Waals surface area contributed by atoms with Crippen LogP contribution in [0.3, 0.4) is 0 Å². The minimum absolute atomic E-state index is 0.00256. The first-order chi connectivity index (χ1) is 14.1. The lowest BCUT2D eigenvalue weighted by molar-refractivity contribution is -0.137. The molecule has 1 amide bonds. The number of aromatic nitrogens is 4. The summed E-state index contributed by atoms with van der Waals surface area (Å²) < 4.78 is 44.3. The van der Waals surface area contributed by atoms with Crippen LogP contribution in [-0.4, -0.2) is 31.8 Å². The highest BCUT2D eigenvalue weighted by Gasteiger charge is 2.33. The van der Waals surface area contributed by atoms with E-state index in [1.54, 1.807) is 6.92 Å². The third kappa shape index (κ3) is 5.17. The van der Waals surface area contributed by atoms with E-state index >= 15 is 0 Å². The molecule has 9 nitrogen and oxygen atoms in total. The van der Waals surface area contributed by atoms with Gasteiger partial charge in [-0.25, -0.2) is 4.79 Å². The van der Waals surface area contributed by atoms with E-state index in [0.29, 0.717) is 5.69 Å². The molecule has 158 valence electrons. The smallest absolute Gasteiger partial charge is 0.416 e. The number of nitrogens with zero attached hydrogens (tertiary/aromatic N) is 2. The lowest BCUT2D eigenvalue weighted by Gasteiger charge is -2.13. The summed E-state index contributed by atoms with van der Waals surface area (Å²) in [6.07, 6.45) is -4.65. The standard InChI is InChI=1S/C17H14F3N5O4S/c1-8-9(14(27)23-15(28)21-8)6-13-24-25-16(29-13)30-7-12(26)22-11-5-3-2-4-10(11)17(18,19)20/h2-5H,6-7H2,1H3,(H,22,26)(H2,21,23,27,28). The Bertz CT molecular complexity index is 1180. The number of amides is 1. The second-order valence-corrected chi connectivity index (χ2v) is 6.96. The summed E-state index contributed by atoms with van der Waals surface area (Å²) in [5, 5.41) is 9.70. The Morgan fingerprint density at radius 3 is 2.63 bits per heavy atom. The second-order valence-electron chi connectivity index (χ2n) is 6.03. The van der Waals surface area contributed by atoms with Crippen molar-refractivity contribution in [2.24, 2.45) is 0 Å². The maximum Gasteiger partial charge on any atom is 0.418 e. The summed E-state index contributed by atoms with van der Waals surface area (Å²) in [7, 11) is 0. The molecule has 0 saturated heterocycles. The lowest BCUT2D eigenvalue weighted by atomic mass is 10.1. The van der Waals surface area contributed by atoms with Crippen LogP contribution in [0, 0.1) is 6.92 Å². The van der Waals surface area contributed by atoms with Crippen LogP contribution in [0.1, 0.15) is 22.7 Å². The van der Waals surface area contributed by atoms with Crippen LogP contribution in [0.25, 0.3) is 0 Å². The number of aryl methyl sites for hydroxylation is 1. The number of alkyl halides is 3. The van der Waals surface area contributed by atoms with E-state index in [1.165, 1.54) is 12.1 Å². The first-order valence-electron chi connectivity index (χ1n) is 8.37. The normalized spacial score (nSPS) is 11.5. The molecule has 1 aromatic carbocycles. The molecule has 0 spiro atoms. The molecule has 0 aliphatic carbocycles. The highest BCUT2D eigenvalue weighted by molar-refractivity contribution is 7.99. The molecule has 2 aromatic heterocycles. The number of nitrogens with one attached hydrogen (secondary N) is 3. The van der Waals surface area contributed by atoms with Crippen molar-refractivity contribution in [2.75, 3.05) is 11.1 Å². The predicted octanol–water partition coefficient (Wildman–Crippen LogP) is 2.10. The average Bonchev–Trinajstić information content (AvgIpc) is 3.10. The number of halogens is 3. The molecule has 2 heterocycles. The molecule has 3 N–H and O–H groups in total. The molecule has 30 heavy (non-hydrogen) atoms. The summed E-state index contributed by atoms with van der Waals surface area (Å²) in [6, 6.07) is 4.62. The van der Waals surface area contributed by atoms with E-state index in [9.17, 15) is 27.6 Å². The second kappa shape index (κ2) is 8.57. The van der Waals surface area contributed by atoms with Crippen LogP contribution >= 0.6 is 11.8 Å². The number of H-pyrrole nitrogens is 2. The summed E-state index contributed by atoms with van der Waals surface area (Å²) in [4.78, 5) is 39.6. The van der Waals surface area contributed by atoms with Crippen molar-refractivity contribution in [3.63, 3.8) is 0 Å². The van der Waals surface area contributed by atoms with Crippen molar-refractivity contribution in [3.05, 3.63) is 67.8 Å². The fourth-order valence-electron chi connectivity index (χ4n) is 2.51. The number of carbonyl (C=O) groups excluding carboxylic acids is 1. The number of para-hydroxylation sites is 1. The van der Waals surface area contributed by atoms with Gasteiger partial charge in [0.2, 0.25) is 11.8 Å². The third-order valence-corrected chi connectivity index (χ3v) is 4.68. The summed E-state index contributed by atoms with van der Waals surface area (Å²) in [5.41, 5.74) is -1.96. The van der Waals surface area contributed by atoms with E-state index in [-0.39, 0.29) is 34.5 Å². The molecule has 0 atom stereocenters. The van der Waals surface area contributed by atoms with Gasteiger partial charge in [0.25, 0.3) is 10.8 Å².